The van der Waals surface area contributed by atoms with Crippen molar-refractivity contribution in [3.05, 3.63) is 111 Å². The third kappa shape index (κ3) is 4.97. The van der Waals surface area contributed by atoms with Crippen molar-refractivity contribution in [3.8, 4) is 11.5 Å². The fraction of sp³-hybridized carbons (Fsp3) is 0.282. The maximum Gasteiger partial charge on any atom is 0.305 e. The molecule has 3 amide bonds. The third-order valence-electron chi connectivity index (χ3n) is 10.8. The summed E-state index contributed by atoms with van der Waals surface area (Å²) in [6.07, 6.45) is 0.805. The molecule has 9 nitrogen and oxygen atoms in total. The Morgan fingerprint density at radius 2 is 1.62 bits per heavy atom. The van der Waals surface area contributed by atoms with E-state index in [1.807, 2.05) is 97.9 Å². The van der Waals surface area contributed by atoms with E-state index in [4.69, 9.17) is 9.47 Å². The van der Waals surface area contributed by atoms with Gasteiger partial charge in [0, 0.05) is 21.7 Å². The van der Waals surface area contributed by atoms with Gasteiger partial charge in [0.05, 0.1) is 29.2 Å². The molecule has 0 spiro atoms. The number of imide groups is 1. The molecule has 4 aliphatic rings. The van der Waals surface area contributed by atoms with Crippen LogP contribution >= 0.6 is 23.1 Å². The van der Waals surface area contributed by atoms with Crippen LogP contribution in [0.1, 0.15) is 29.7 Å². The lowest BCUT2D eigenvalue weighted by atomic mass is 9.68. The van der Waals surface area contributed by atoms with Gasteiger partial charge in [-0.05, 0) is 83.8 Å². The average molecular weight is 704 g/mol. The molecule has 11 heteroatoms. The minimum absolute atomic E-state index is 0.00622. The molecule has 252 valence electrons. The van der Waals surface area contributed by atoms with Gasteiger partial charge in [-0.3, -0.25) is 24.1 Å². The second-order valence-electron chi connectivity index (χ2n) is 13.3. The Bertz CT molecular complexity index is 2230. The third-order valence-corrected chi connectivity index (χ3v) is 13.3. The Labute approximate surface area is 296 Å². The number of rotatable bonds is 8. The van der Waals surface area contributed by atoms with E-state index in [2.05, 4.69) is 10.3 Å². The topological polar surface area (TPSA) is 118 Å². The number of thioether (sulfide) groups is 1. The molecule has 7 atom stereocenters. The number of ether oxygens (including phenoxy) is 2. The second-order valence-corrected chi connectivity index (χ2v) is 15.5. The molecule has 1 saturated heterocycles. The molecule has 2 bridgehead atoms. The van der Waals surface area contributed by atoms with Crippen LogP contribution in [0.25, 0.3) is 10.8 Å². The van der Waals surface area contributed by atoms with Gasteiger partial charge >= 0.3 is 4.87 Å². The van der Waals surface area contributed by atoms with Crippen molar-refractivity contribution >= 4 is 63.0 Å². The van der Waals surface area contributed by atoms with Gasteiger partial charge in [-0.25, -0.2) is 0 Å². The second kappa shape index (κ2) is 12.2. The molecule has 9 rings (SSSR count). The van der Waals surface area contributed by atoms with Crippen molar-refractivity contribution in [2.45, 2.75) is 29.5 Å². The summed E-state index contributed by atoms with van der Waals surface area (Å²) in [7, 11) is 0. The smallest absolute Gasteiger partial charge is 0.305 e. The maximum atomic E-state index is 14.0. The summed E-state index contributed by atoms with van der Waals surface area (Å²) in [5, 5.41) is 5.95. The molecular formula is C39H33N3O6S2. The highest BCUT2D eigenvalue weighted by atomic mass is 32.2. The minimum Gasteiger partial charge on any atom is -0.490 e. The number of anilines is 2. The van der Waals surface area contributed by atoms with Crippen molar-refractivity contribution in [1.82, 2.24) is 4.98 Å². The van der Waals surface area contributed by atoms with E-state index in [1.54, 1.807) is 11.8 Å². The highest BCUT2D eigenvalue weighted by molar-refractivity contribution is 8.00. The lowest BCUT2D eigenvalue weighted by Gasteiger charge is -2.43. The van der Waals surface area contributed by atoms with E-state index in [9.17, 15) is 19.2 Å². The molecule has 50 heavy (non-hydrogen) atoms. The van der Waals surface area contributed by atoms with Crippen LogP contribution in [0.5, 0.6) is 11.5 Å². The van der Waals surface area contributed by atoms with Gasteiger partial charge in [0.25, 0.3) is 5.91 Å². The number of aromatic nitrogens is 1. The SMILES string of the molecule is CCOc1cc([C@H]2c3sc(=O)[nH]c3SC3C4CC(C5C(=O)N(c6ccccc6)C(=O)C45)C32)ccc1OCC(=O)Nc1ccc2ccccc2c1. The van der Waals surface area contributed by atoms with Gasteiger partial charge in [0.15, 0.2) is 18.1 Å². The number of hydrogen-bond donors (Lipinski definition) is 2. The van der Waals surface area contributed by atoms with E-state index in [0.717, 1.165) is 32.7 Å². The number of fused-ring (bicyclic) bond motifs is 10. The van der Waals surface area contributed by atoms with Gasteiger partial charge in [0.2, 0.25) is 11.8 Å². The van der Waals surface area contributed by atoms with Crippen molar-refractivity contribution in [3.63, 3.8) is 0 Å². The van der Waals surface area contributed by atoms with E-state index >= 15 is 0 Å². The largest absolute Gasteiger partial charge is 0.490 e. The van der Waals surface area contributed by atoms with E-state index < -0.39 is 0 Å². The molecular weight excluding hydrogens is 671 g/mol. The lowest BCUT2D eigenvalue weighted by Crippen LogP contribution is -2.42. The van der Waals surface area contributed by atoms with Crippen LogP contribution in [0.15, 0.2) is 101 Å². The Balaban J connectivity index is 1.00. The van der Waals surface area contributed by atoms with Crippen LogP contribution in [0.3, 0.4) is 0 Å². The first-order chi connectivity index (χ1) is 24.4. The van der Waals surface area contributed by atoms with Crippen molar-refractivity contribution in [2.75, 3.05) is 23.4 Å². The van der Waals surface area contributed by atoms with Gasteiger partial charge in [0.1, 0.15) is 0 Å². The summed E-state index contributed by atoms with van der Waals surface area (Å²) < 4.78 is 12.1. The van der Waals surface area contributed by atoms with Gasteiger partial charge < -0.3 is 19.8 Å². The van der Waals surface area contributed by atoms with Crippen LogP contribution < -0.4 is 24.6 Å². The number of amides is 3. The molecule has 2 N–H and O–H groups in total. The first-order valence-electron chi connectivity index (χ1n) is 16.9. The van der Waals surface area contributed by atoms with Gasteiger partial charge in [-0.2, -0.15) is 0 Å². The Morgan fingerprint density at radius 3 is 2.42 bits per heavy atom. The summed E-state index contributed by atoms with van der Waals surface area (Å²) in [5.41, 5.74) is 2.26. The molecule has 2 aliphatic carbocycles. The minimum atomic E-state index is -0.385. The summed E-state index contributed by atoms with van der Waals surface area (Å²) >= 11 is 2.87. The highest BCUT2D eigenvalue weighted by Crippen LogP contribution is 2.68. The summed E-state index contributed by atoms with van der Waals surface area (Å²) in [5.74, 6) is -0.416. The zero-order valence-electron chi connectivity index (χ0n) is 27.0. The van der Waals surface area contributed by atoms with Crippen molar-refractivity contribution in [1.29, 1.82) is 0 Å². The van der Waals surface area contributed by atoms with Crippen LogP contribution in [-0.4, -0.2) is 41.2 Å². The summed E-state index contributed by atoms with van der Waals surface area (Å²) in [4.78, 5) is 58.9. The number of aromatic amines is 1. The molecule has 4 aromatic carbocycles. The zero-order chi connectivity index (χ0) is 34.1. The first kappa shape index (κ1) is 31.1. The maximum absolute atomic E-state index is 14.0. The predicted molar refractivity (Wildman–Crippen MR) is 193 cm³/mol. The van der Waals surface area contributed by atoms with Crippen LogP contribution in [-0.2, 0) is 14.4 Å². The number of thiazole rings is 1. The van der Waals surface area contributed by atoms with Crippen molar-refractivity contribution in [2.24, 2.45) is 29.6 Å². The molecule has 5 aromatic rings. The zero-order valence-corrected chi connectivity index (χ0v) is 28.7. The highest BCUT2D eigenvalue weighted by Gasteiger charge is 2.69. The Morgan fingerprint density at radius 1 is 0.860 bits per heavy atom. The molecule has 2 aliphatic heterocycles. The van der Waals surface area contributed by atoms with E-state index in [0.29, 0.717) is 29.5 Å². The summed E-state index contributed by atoms with van der Waals surface area (Å²) in [6, 6.07) is 28.7. The molecule has 2 saturated carbocycles. The van der Waals surface area contributed by atoms with E-state index in [1.165, 1.54) is 16.2 Å². The summed E-state index contributed by atoms with van der Waals surface area (Å²) in [6.45, 7) is 2.07. The number of nitrogens with one attached hydrogen (secondary N) is 2. The fourth-order valence-corrected chi connectivity index (χ4v) is 11.8. The molecule has 3 fully saturated rings. The number of carbonyl (C=O) groups is 3. The Kier molecular flexibility index (Phi) is 7.58. The molecule has 1 aromatic heterocycles. The van der Waals surface area contributed by atoms with Crippen LogP contribution in [0.4, 0.5) is 11.4 Å². The lowest BCUT2D eigenvalue weighted by molar-refractivity contribution is -0.123. The normalized spacial score (nSPS) is 26.1. The number of nitrogens with zero attached hydrogens (tertiary/aromatic N) is 1. The number of benzene rings is 4. The first-order valence-corrected chi connectivity index (χ1v) is 18.6. The van der Waals surface area contributed by atoms with Crippen molar-refractivity contribution < 1.29 is 23.9 Å². The standard InChI is InChI=1S/C39H33N3O6S2/c1-2-47-28-17-22(13-15-27(28)48-19-29(43)40-23-14-12-20-8-6-7-9-21(20)16-23)30-31-25-18-26(34(31)49-36-35(30)50-39(46)41-36)33-32(25)37(44)42(38(33)45)24-10-4-3-5-11-24/h3-17,25-26,30-34H,2,18-19H2,1H3,(H,40,43)(H,41,46)/t25?,26?,30-,31?,32?,33?,34?/m1/s1. The fourth-order valence-electron chi connectivity index (χ4n) is 8.93. The number of carbonyl (C=O) groups excluding carboxylic acids is 3. The van der Waals surface area contributed by atoms with Crippen LogP contribution in [0.2, 0.25) is 0 Å². The Hall–Kier alpha value is -4.87. The quantitative estimate of drug-likeness (QED) is 0.173. The molecule has 3 heterocycles. The molecule has 0 radical (unpaired) electrons. The average Bonchev–Trinajstić information content (AvgIpc) is 3.86. The van der Waals surface area contributed by atoms with E-state index in [-0.39, 0.29) is 70.0 Å². The number of H-pyrrole nitrogens is 1. The number of para-hydroxylation sites is 1. The molecule has 6 unspecified atom stereocenters. The monoisotopic (exact) mass is 703 g/mol. The number of hydrogen-bond acceptors (Lipinski definition) is 8. The predicted octanol–water partition coefficient (Wildman–Crippen LogP) is 6.68. The van der Waals surface area contributed by atoms with Gasteiger partial charge in [-0.15, -0.1) is 11.8 Å². The van der Waals surface area contributed by atoms with Crippen LogP contribution in [0, 0.1) is 29.6 Å². The van der Waals surface area contributed by atoms with Gasteiger partial charge in [-0.1, -0.05) is 65.9 Å².